The van der Waals surface area contributed by atoms with Crippen LogP contribution >= 0.6 is 0 Å². The Hall–Kier alpha value is -4.09. The zero-order valence-electron chi connectivity index (χ0n) is 23.0. The van der Waals surface area contributed by atoms with Gasteiger partial charge in [0.05, 0.1) is 11.5 Å². The fourth-order valence-corrected chi connectivity index (χ4v) is 5.06. The summed E-state index contributed by atoms with van der Waals surface area (Å²) in [6.07, 6.45) is 1.29. The van der Waals surface area contributed by atoms with Crippen LogP contribution in [-0.2, 0) is 32.5 Å². The molecule has 2 heterocycles. The van der Waals surface area contributed by atoms with Crippen molar-refractivity contribution in [3.63, 3.8) is 0 Å². The maximum absolute atomic E-state index is 13.8. The van der Waals surface area contributed by atoms with Crippen molar-refractivity contribution >= 4 is 16.9 Å². The molecule has 11 heteroatoms. The average molecular weight is 549 g/mol. The molecule has 2 aromatic carbocycles. The number of nitro groups is 1. The van der Waals surface area contributed by atoms with E-state index < -0.39 is 10.6 Å². The number of aryl methyl sites for hydroxylation is 2. The number of likely N-dealkylation sites (N-methyl/N-ethyl adjacent to an activating group) is 1. The van der Waals surface area contributed by atoms with E-state index >= 15 is 0 Å². The summed E-state index contributed by atoms with van der Waals surface area (Å²) >= 11 is 0. The molecule has 0 atom stereocenters. The third kappa shape index (κ3) is 6.21. The third-order valence-electron chi connectivity index (χ3n) is 7.14. The van der Waals surface area contributed by atoms with Crippen molar-refractivity contribution in [2.45, 2.75) is 52.7 Å². The van der Waals surface area contributed by atoms with Gasteiger partial charge in [-0.05, 0) is 24.9 Å². The van der Waals surface area contributed by atoms with Gasteiger partial charge >= 0.3 is 5.69 Å². The normalized spacial score (nSPS) is 11.5. The quantitative estimate of drug-likeness (QED) is 0.190. The van der Waals surface area contributed by atoms with Crippen LogP contribution in [0.5, 0.6) is 0 Å². The summed E-state index contributed by atoms with van der Waals surface area (Å²) in [4.78, 5) is 45.5. The van der Waals surface area contributed by atoms with Crippen LogP contribution in [0, 0.1) is 10.1 Å². The van der Waals surface area contributed by atoms with Gasteiger partial charge in [-0.25, -0.2) is 9.78 Å². The Morgan fingerprint density at radius 3 is 2.33 bits per heavy atom. The Bertz CT molecular complexity index is 1570. The summed E-state index contributed by atoms with van der Waals surface area (Å²) in [7, 11) is 0. The highest BCUT2D eigenvalue weighted by molar-refractivity contribution is 5.71. The van der Waals surface area contributed by atoms with Crippen LogP contribution in [0.4, 0.5) is 5.69 Å². The van der Waals surface area contributed by atoms with Crippen LogP contribution in [0.3, 0.4) is 0 Å². The summed E-state index contributed by atoms with van der Waals surface area (Å²) in [6, 6.07) is 16.3. The van der Waals surface area contributed by atoms with Crippen molar-refractivity contribution in [2.24, 2.45) is 0 Å². The van der Waals surface area contributed by atoms with Crippen molar-refractivity contribution in [1.82, 2.24) is 23.6 Å². The second kappa shape index (κ2) is 13.3. The lowest BCUT2D eigenvalue weighted by molar-refractivity contribution is -0.385. The van der Waals surface area contributed by atoms with Gasteiger partial charge in [-0.1, -0.05) is 62.4 Å². The second-order valence-electron chi connectivity index (χ2n) is 9.70. The molecule has 0 amide bonds. The number of fused-ring (bicyclic) bond motifs is 1. The summed E-state index contributed by atoms with van der Waals surface area (Å²) in [5, 5.41) is 21.0. The molecular formula is C29H36N6O5. The molecular weight excluding hydrogens is 512 g/mol. The number of imidazole rings is 1. The number of aliphatic hydroxyl groups excluding tert-OH is 1. The van der Waals surface area contributed by atoms with Crippen LogP contribution in [-0.4, -0.2) is 59.9 Å². The van der Waals surface area contributed by atoms with Crippen LogP contribution in [0.15, 0.2) is 64.2 Å². The van der Waals surface area contributed by atoms with E-state index in [0.717, 1.165) is 12.1 Å². The van der Waals surface area contributed by atoms with Crippen LogP contribution in [0.1, 0.15) is 37.2 Å². The van der Waals surface area contributed by atoms with Crippen LogP contribution in [0.25, 0.3) is 11.2 Å². The largest absolute Gasteiger partial charge is 0.395 e. The van der Waals surface area contributed by atoms with Crippen LogP contribution in [0.2, 0.25) is 0 Å². The van der Waals surface area contributed by atoms with Gasteiger partial charge in [-0.2, -0.15) is 0 Å². The number of hydrogen-bond donors (Lipinski definition) is 1. The Morgan fingerprint density at radius 1 is 0.925 bits per heavy atom. The molecule has 0 aliphatic carbocycles. The molecule has 0 saturated carbocycles. The number of hydrogen-bond acceptors (Lipinski definition) is 7. The highest BCUT2D eigenvalue weighted by Crippen LogP contribution is 2.20. The number of benzene rings is 2. The molecule has 0 bridgehead atoms. The zero-order chi connectivity index (χ0) is 28.6. The summed E-state index contributed by atoms with van der Waals surface area (Å²) in [5.41, 5.74) is 1.30. The van der Waals surface area contributed by atoms with Gasteiger partial charge in [0.2, 0.25) is 0 Å². The van der Waals surface area contributed by atoms with Gasteiger partial charge in [0.15, 0.2) is 11.2 Å². The van der Waals surface area contributed by atoms with Crippen LogP contribution < -0.4 is 11.2 Å². The van der Waals surface area contributed by atoms with Gasteiger partial charge in [0.25, 0.3) is 11.2 Å². The minimum atomic E-state index is -0.468. The zero-order valence-corrected chi connectivity index (χ0v) is 23.0. The minimum absolute atomic E-state index is 0.00694. The number of rotatable bonds is 14. The molecule has 40 heavy (non-hydrogen) atoms. The Morgan fingerprint density at radius 2 is 1.65 bits per heavy atom. The molecule has 0 aliphatic heterocycles. The van der Waals surface area contributed by atoms with E-state index in [1.54, 1.807) is 18.2 Å². The summed E-state index contributed by atoms with van der Waals surface area (Å²) in [6.45, 7) is 6.63. The van der Waals surface area contributed by atoms with E-state index in [1.807, 2.05) is 48.7 Å². The first-order valence-corrected chi connectivity index (χ1v) is 13.7. The van der Waals surface area contributed by atoms with Gasteiger partial charge in [0.1, 0.15) is 5.82 Å². The van der Waals surface area contributed by atoms with Gasteiger partial charge in [-0.15, -0.1) is 0 Å². The van der Waals surface area contributed by atoms with Gasteiger partial charge in [-0.3, -0.25) is 28.9 Å². The van der Waals surface area contributed by atoms with E-state index in [-0.39, 0.29) is 43.0 Å². The molecule has 0 fully saturated rings. The van der Waals surface area contributed by atoms with E-state index in [4.69, 9.17) is 4.98 Å². The van der Waals surface area contributed by atoms with E-state index in [1.165, 1.54) is 15.2 Å². The SMILES string of the molecule is CCCn1c(=O)c2c(nc(Cc3ccccc3)n2CCN(CC)CCO)n(CCc2ccccc2[N+](=O)[O-])c1=O. The standard InChI is InChI=1S/C29H36N6O5/c1-3-15-34-28(37)26-27(33(29(34)38)16-14-23-12-8-9-13-24(23)35(39)40)30-25(21-22-10-6-5-7-11-22)32(26)18-17-31(4-2)19-20-36/h5-13,36H,3-4,14-21H2,1-2H3. The molecule has 212 valence electrons. The maximum atomic E-state index is 13.8. The highest BCUT2D eigenvalue weighted by atomic mass is 16.6. The first kappa shape index (κ1) is 28.9. The fourth-order valence-electron chi connectivity index (χ4n) is 5.06. The predicted molar refractivity (Wildman–Crippen MR) is 154 cm³/mol. The van der Waals surface area contributed by atoms with E-state index in [9.17, 15) is 24.8 Å². The molecule has 11 nitrogen and oxygen atoms in total. The molecule has 0 radical (unpaired) electrons. The van der Waals surface area contributed by atoms with Crippen molar-refractivity contribution < 1.29 is 10.0 Å². The fraction of sp³-hybridized carbons (Fsp3) is 0.414. The first-order valence-electron chi connectivity index (χ1n) is 13.7. The second-order valence-corrected chi connectivity index (χ2v) is 9.70. The molecule has 0 aliphatic rings. The maximum Gasteiger partial charge on any atom is 0.332 e. The number of aromatic nitrogens is 4. The van der Waals surface area contributed by atoms with Crippen molar-refractivity contribution in [3.05, 3.63) is 103 Å². The Labute approximate surface area is 232 Å². The van der Waals surface area contributed by atoms with E-state index in [0.29, 0.717) is 49.4 Å². The number of nitro benzene ring substituents is 1. The summed E-state index contributed by atoms with van der Waals surface area (Å²) < 4.78 is 4.63. The lowest BCUT2D eigenvalue weighted by Gasteiger charge is -2.20. The predicted octanol–water partition coefficient (Wildman–Crippen LogP) is 2.83. The molecule has 4 aromatic rings. The molecule has 1 N–H and O–H groups in total. The lowest BCUT2D eigenvalue weighted by atomic mass is 10.1. The average Bonchev–Trinajstić information content (AvgIpc) is 3.31. The first-order chi connectivity index (χ1) is 19.4. The number of nitrogens with zero attached hydrogens (tertiary/aromatic N) is 6. The van der Waals surface area contributed by atoms with E-state index in [2.05, 4.69) is 4.90 Å². The third-order valence-corrected chi connectivity index (χ3v) is 7.14. The monoisotopic (exact) mass is 548 g/mol. The lowest BCUT2D eigenvalue weighted by Crippen LogP contribution is -2.41. The van der Waals surface area contributed by atoms with Crippen molar-refractivity contribution in [3.8, 4) is 0 Å². The molecule has 2 aromatic heterocycles. The highest BCUT2D eigenvalue weighted by Gasteiger charge is 2.23. The van der Waals surface area contributed by atoms with Crippen molar-refractivity contribution in [1.29, 1.82) is 0 Å². The van der Waals surface area contributed by atoms with Crippen molar-refractivity contribution in [2.75, 3.05) is 26.2 Å². The number of para-hydroxylation sites is 1. The number of aliphatic hydroxyl groups is 1. The van der Waals surface area contributed by atoms with Gasteiger partial charge in [0, 0.05) is 50.8 Å². The Balaban J connectivity index is 1.87. The molecule has 0 unspecified atom stereocenters. The molecule has 0 saturated heterocycles. The van der Waals surface area contributed by atoms with Gasteiger partial charge < -0.3 is 9.67 Å². The summed E-state index contributed by atoms with van der Waals surface area (Å²) in [5.74, 6) is 0.659. The smallest absolute Gasteiger partial charge is 0.332 e. The Kier molecular flexibility index (Phi) is 9.62. The molecule has 4 rings (SSSR count). The topological polar surface area (TPSA) is 128 Å². The minimum Gasteiger partial charge on any atom is -0.395 e. The molecule has 0 spiro atoms.